The second-order valence-corrected chi connectivity index (χ2v) is 4.56. The van der Waals surface area contributed by atoms with Crippen LogP contribution in [0.1, 0.15) is 33.1 Å². The molecule has 0 amide bonds. The summed E-state index contributed by atoms with van der Waals surface area (Å²) in [6, 6.07) is 0.512. The van der Waals surface area contributed by atoms with Crippen LogP contribution in [0, 0.1) is 17.3 Å². The number of rotatable bonds is 1. The van der Waals surface area contributed by atoms with Crippen LogP contribution in [0.4, 0.5) is 0 Å². The van der Waals surface area contributed by atoms with Gasteiger partial charge >= 0.3 is 0 Å². The molecule has 2 aliphatic rings. The predicted octanol–water partition coefficient (Wildman–Crippen LogP) is 1.77. The summed E-state index contributed by atoms with van der Waals surface area (Å²) in [5, 5.41) is 0. The SMILES string of the molecule is CC1(C)C(N)C1C1CCC1. The first kappa shape index (κ1) is 6.66. The van der Waals surface area contributed by atoms with Gasteiger partial charge in [-0.15, -0.1) is 0 Å². The fourth-order valence-corrected chi connectivity index (χ4v) is 2.42. The zero-order chi connectivity index (χ0) is 7.35. The molecule has 0 aromatic rings. The minimum absolute atomic E-state index is 0.477. The summed E-state index contributed by atoms with van der Waals surface area (Å²) in [7, 11) is 0. The highest BCUT2D eigenvalue weighted by molar-refractivity contribution is 5.12. The number of hydrogen-bond donors (Lipinski definition) is 1. The van der Waals surface area contributed by atoms with Crippen LogP contribution in [0.3, 0.4) is 0 Å². The van der Waals surface area contributed by atoms with E-state index in [0.29, 0.717) is 11.5 Å². The van der Waals surface area contributed by atoms with Crippen LogP contribution in [0.2, 0.25) is 0 Å². The van der Waals surface area contributed by atoms with E-state index in [1.807, 2.05) is 0 Å². The van der Waals surface area contributed by atoms with Gasteiger partial charge in [0.25, 0.3) is 0 Å². The van der Waals surface area contributed by atoms with Gasteiger partial charge in [-0.2, -0.15) is 0 Å². The average Bonchev–Trinajstić information content (AvgIpc) is 2.13. The van der Waals surface area contributed by atoms with Crippen molar-refractivity contribution in [2.24, 2.45) is 23.0 Å². The van der Waals surface area contributed by atoms with Crippen LogP contribution in [0.15, 0.2) is 0 Å². The third-order valence-corrected chi connectivity index (χ3v) is 3.65. The summed E-state index contributed by atoms with van der Waals surface area (Å²) >= 11 is 0. The average molecular weight is 139 g/mol. The fourth-order valence-electron chi connectivity index (χ4n) is 2.42. The maximum absolute atomic E-state index is 5.95. The Bertz CT molecular complexity index is 147. The van der Waals surface area contributed by atoms with E-state index in [0.717, 1.165) is 11.8 Å². The number of hydrogen-bond acceptors (Lipinski definition) is 1. The van der Waals surface area contributed by atoms with Gasteiger partial charge in [0.1, 0.15) is 0 Å². The third kappa shape index (κ3) is 0.672. The van der Waals surface area contributed by atoms with Crippen LogP contribution in [-0.2, 0) is 0 Å². The molecule has 2 rings (SSSR count). The van der Waals surface area contributed by atoms with Crippen molar-refractivity contribution in [3.63, 3.8) is 0 Å². The van der Waals surface area contributed by atoms with E-state index < -0.39 is 0 Å². The summed E-state index contributed by atoms with van der Waals surface area (Å²) in [6.07, 6.45) is 4.34. The molecule has 0 radical (unpaired) electrons. The van der Waals surface area contributed by atoms with E-state index in [1.54, 1.807) is 0 Å². The van der Waals surface area contributed by atoms with E-state index in [4.69, 9.17) is 5.73 Å². The van der Waals surface area contributed by atoms with Gasteiger partial charge in [0.05, 0.1) is 0 Å². The van der Waals surface area contributed by atoms with Gasteiger partial charge < -0.3 is 5.73 Å². The molecule has 58 valence electrons. The highest BCUT2D eigenvalue weighted by atomic mass is 14.9. The maximum atomic E-state index is 5.95. The molecule has 0 saturated heterocycles. The van der Waals surface area contributed by atoms with Crippen LogP contribution in [-0.4, -0.2) is 6.04 Å². The van der Waals surface area contributed by atoms with Crippen molar-refractivity contribution in [2.45, 2.75) is 39.2 Å². The fraction of sp³-hybridized carbons (Fsp3) is 1.00. The van der Waals surface area contributed by atoms with Crippen LogP contribution < -0.4 is 5.73 Å². The highest BCUT2D eigenvalue weighted by Gasteiger charge is 2.59. The summed E-state index contributed by atoms with van der Waals surface area (Å²) in [6.45, 7) is 4.61. The smallest absolute Gasteiger partial charge is 0.0130 e. The topological polar surface area (TPSA) is 26.0 Å². The molecule has 0 aromatic heterocycles. The van der Waals surface area contributed by atoms with Crippen molar-refractivity contribution >= 4 is 0 Å². The van der Waals surface area contributed by atoms with E-state index in [-0.39, 0.29) is 0 Å². The van der Waals surface area contributed by atoms with Crippen LogP contribution in [0.25, 0.3) is 0 Å². The van der Waals surface area contributed by atoms with Gasteiger partial charge in [0, 0.05) is 6.04 Å². The van der Waals surface area contributed by atoms with Gasteiger partial charge in [-0.3, -0.25) is 0 Å². The van der Waals surface area contributed by atoms with Crippen molar-refractivity contribution in [3.8, 4) is 0 Å². The standard InChI is InChI=1S/C9H17N/c1-9(2)7(8(9)10)6-4-3-5-6/h6-8H,3-5,10H2,1-2H3. The molecule has 2 atom stereocenters. The molecule has 2 unspecified atom stereocenters. The van der Waals surface area contributed by atoms with Gasteiger partial charge in [-0.25, -0.2) is 0 Å². The molecule has 2 saturated carbocycles. The van der Waals surface area contributed by atoms with Crippen molar-refractivity contribution in [1.82, 2.24) is 0 Å². The van der Waals surface area contributed by atoms with Gasteiger partial charge in [-0.05, 0) is 17.3 Å². The molecule has 0 aliphatic heterocycles. The van der Waals surface area contributed by atoms with E-state index in [1.165, 1.54) is 19.3 Å². The van der Waals surface area contributed by atoms with Crippen LogP contribution >= 0.6 is 0 Å². The second kappa shape index (κ2) is 1.76. The lowest BCUT2D eigenvalue weighted by Crippen LogP contribution is -2.17. The molecular formula is C9H17N. The molecule has 10 heavy (non-hydrogen) atoms. The normalized spacial score (nSPS) is 44.7. The van der Waals surface area contributed by atoms with Gasteiger partial charge in [0.2, 0.25) is 0 Å². The Kier molecular flexibility index (Phi) is 1.17. The maximum Gasteiger partial charge on any atom is 0.0130 e. The lowest BCUT2D eigenvalue weighted by atomic mass is 9.79. The minimum Gasteiger partial charge on any atom is -0.327 e. The summed E-state index contributed by atoms with van der Waals surface area (Å²) in [4.78, 5) is 0. The summed E-state index contributed by atoms with van der Waals surface area (Å²) in [5.74, 6) is 1.85. The van der Waals surface area contributed by atoms with Crippen LogP contribution in [0.5, 0.6) is 0 Å². The molecule has 0 spiro atoms. The van der Waals surface area contributed by atoms with E-state index >= 15 is 0 Å². The third-order valence-electron chi connectivity index (χ3n) is 3.65. The zero-order valence-corrected chi connectivity index (χ0v) is 6.93. The lowest BCUT2D eigenvalue weighted by Gasteiger charge is -2.26. The highest BCUT2D eigenvalue weighted by Crippen LogP contribution is 2.59. The number of nitrogens with two attached hydrogens (primary N) is 1. The molecule has 0 heterocycles. The predicted molar refractivity (Wildman–Crippen MR) is 42.6 cm³/mol. The monoisotopic (exact) mass is 139 g/mol. The Labute approximate surface area is 63.0 Å². The Balaban J connectivity index is 1.97. The molecule has 2 fully saturated rings. The Hall–Kier alpha value is -0.0400. The first-order valence-corrected chi connectivity index (χ1v) is 4.39. The zero-order valence-electron chi connectivity index (χ0n) is 6.93. The Morgan fingerprint density at radius 2 is 1.80 bits per heavy atom. The van der Waals surface area contributed by atoms with Crippen molar-refractivity contribution in [1.29, 1.82) is 0 Å². The molecule has 2 N–H and O–H groups in total. The lowest BCUT2D eigenvalue weighted by molar-refractivity contribution is 0.247. The second-order valence-electron chi connectivity index (χ2n) is 4.56. The van der Waals surface area contributed by atoms with E-state index in [9.17, 15) is 0 Å². The molecule has 1 nitrogen and oxygen atoms in total. The minimum atomic E-state index is 0.477. The van der Waals surface area contributed by atoms with Crippen molar-refractivity contribution in [2.75, 3.05) is 0 Å². The molecule has 0 bridgehead atoms. The first-order chi connectivity index (χ1) is 4.64. The Morgan fingerprint density at radius 3 is 1.90 bits per heavy atom. The first-order valence-electron chi connectivity index (χ1n) is 4.39. The van der Waals surface area contributed by atoms with Gasteiger partial charge in [0.15, 0.2) is 0 Å². The largest absolute Gasteiger partial charge is 0.327 e. The van der Waals surface area contributed by atoms with E-state index in [2.05, 4.69) is 13.8 Å². The molecule has 2 aliphatic carbocycles. The summed E-state index contributed by atoms with van der Waals surface area (Å²) < 4.78 is 0. The Morgan fingerprint density at radius 1 is 1.30 bits per heavy atom. The van der Waals surface area contributed by atoms with Gasteiger partial charge in [-0.1, -0.05) is 33.1 Å². The molecule has 1 heteroatoms. The molecule has 0 aromatic carbocycles. The van der Waals surface area contributed by atoms with Crippen molar-refractivity contribution in [3.05, 3.63) is 0 Å². The van der Waals surface area contributed by atoms with Crippen molar-refractivity contribution < 1.29 is 0 Å². The molecular weight excluding hydrogens is 122 g/mol. The quantitative estimate of drug-likeness (QED) is 0.588. The summed E-state index contributed by atoms with van der Waals surface area (Å²) in [5.41, 5.74) is 6.43.